The van der Waals surface area contributed by atoms with Gasteiger partial charge in [-0.3, -0.25) is 14.5 Å². The number of nitrogens with zero attached hydrogens (tertiary/aromatic N) is 2. The Morgan fingerprint density at radius 2 is 1.87 bits per heavy atom. The molecule has 3 aromatic rings. The molecular weight excluding hydrogens is 526 g/mol. The number of methoxy groups -OCH3 is 1. The van der Waals surface area contributed by atoms with Gasteiger partial charge in [-0.1, -0.05) is 47.6 Å². The van der Waals surface area contributed by atoms with Crippen LogP contribution in [0.3, 0.4) is 0 Å². The van der Waals surface area contributed by atoms with Crippen molar-refractivity contribution in [1.29, 1.82) is 0 Å². The Kier molecular flexibility index (Phi) is 9.04. The number of esters is 1. The fraction of sp³-hybridized carbons (Fsp3) is 0.214. The second-order valence-electron chi connectivity index (χ2n) is 8.26. The van der Waals surface area contributed by atoms with Crippen molar-refractivity contribution < 1.29 is 23.9 Å². The third kappa shape index (κ3) is 6.73. The molecule has 0 bridgehead atoms. The second-order valence-corrected chi connectivity index (χ2v) is 9.84. The van der Waals surface area contributed by atoms with E-state index in [2.05, 4.69) is 10.3 Å². The average molecular weight is 552 g/mol. The molecule has 1 atom stereocenters. The molecule has 0 aromatic heterocycles. The number of nitrogens with one attached hydrogen (secondary N) is 1. The Balaban J connectivity index is 1.61. The van der Waals surface area contributed by atoms with Crippen LogP contribution >= 0.6 is 23.4 Å². The molecule has 1 unspecified atom stereocenters. The fourth-order valence-electron chi connectivity index (χ4n) is 3.71. The first kappa shape index (κ1) is 27.2. The summed E-state index contributed by atoms with van der Waals surface area (Å²) in [5.41, 5.74) is 2.24. The largest absolute Gasteiger partial charge is 0.497 e. The van der Waals surface area contributed by atoms with Crippen molar-refractivity contribution in [1.82, 2.24) is 4.90 Å². The van der Waals surface area contributed by atoms with Gasteiger partial charge in [0.2, 0.25) is 11.8 Å². The number of halogens is 1. The highest BCUT2D eigenvalue weighted by Crippen LogP contribution is 2.32. The molecule has 1 heterocycles. The molecule has 4 rings (SSSR count). The molecule has 10 heteroatoms. The zero-order valence-electron chi connectivity index (χ0n) is 20.8. The molecule has 3 aromatic carbocycles. The van der Waals surface area contributed by atoms with E-state index in [1.807, 2.05) is 18.2 Å². The molecule has 0 radical (unpaired) electrons. The molecule has 1 fully saturated rings. The third-order valence-electron chi connectivity index (χ3n) is 5.66. The van der Waals surface area contributed by atoms with Gasteiger partial charge in [0, 0.05) is 23.2 Å². The van der Waals surface area contributed by atoms with Gasteiger partial charge < -0.3 is 14.8 Å². The van der Waals surface area contributed by atoms with Crippen molar-refractivity contribution in [3.8, 4) is 5.75 Å². The van der Waals surface area contributed by atoms with E-state index in [0.29, 0.717) is 32.9 Å². The highest BCUT2D eigenvalue weighted by molar-refractivity contribution is 8.15. The van der Waals surface area contributed by atoms with Crippen LogP contribution in [0.2, 0.25) is 5.02 Å². The number of aliphatic imine (C=N–C) groups is 1. The Bertz CT molecular complexity index is 1360. The molecule has 1 aliphatic heterocycles. The van der Waals surface area contributed by atoms with Crippen molar-refractivity contribution in [2.24, 2.45) is 4.99 Å². The van der Waals surface area contributed by atoms with Gasteiger partial charge in [0.15, 0.2) is 5.17 Å². The van der Waals surface area contributed by atoms with E-state index in [-0.39, 0.29) is 31.4 Å². The van der Waals surface area contributed by atoms with E-state index in [0.717, 1.165) is 5.56 Å². The molecule has 1 saturated heterocycles. The minimum Gasteiger partial charge on any atom is -0.497 e. The Morgan fingerprint density at radius 3 is 2.58 bits per heavy atom. The summed E-state index contributed by atoms with van der Waals surface area (Å²) in [4.78, 5) is 44.7. The summed E-state index contributed by atoms with van der Waals surface area (Å²) in [7, 11) is 1.55. The number of thioether (sulfide) groups is 1. The predicted octanol–water partition coefficient (Wildman–Crippen LogP) is 5.69. The Morgan fingerprint density at radius 1 is 1.11 bits per heavy atom. The van der Waals surface area contributed by atoms with Crippen LogP contribution in [0.5, 0.6) is 5.75 Å². The third-order valence-corrected chi connectivity index (χ3v) is 7.22. The quantitative estimate of drug-likeness (QED) is 0.361. The van der Waals surface area contributed by atoms with Gasteiger partial charge in [0.1, 0.15) is 11.0 Å². The van der Waals surface area contributed by atoms with Gasteiger partial charge in [0.05, 0.1) is 31.5 Å². The van der Waals surface area contributed by atoms with Crippen LogP contribution in [0.4, 0.5) is 11.4 Å². The van der Waals surface area contributed by atoms with E-state index in [1.54, 1.807) is 68.6 Å². The van der Waals surface area contributed by atoms with E-state index in [1.165, 1.54) is 16.7 Å². The molecule has 0 spiro atoms. The predicted molar refractivity (Wildman–Crippen MR) is 149 cm³/mol. The SMILES string of the molecule is CCOC(=O)c1ccc(N=C2SC(C(=O)Nc3cccc(OC)c3)CC(=O)N2Cc2ccccc2Cl)cc1. The van der Waals surface area contributed by atoms with Gasteiger partial charge in [-0.05, 0) is 55.0 Å². The lowest BCUT2D eigenvalue weighted by atomic mass is 10.2. The maximum Gasteiger partial charge on any atom is 0.338 e. The van der Waals surface area contributed by atoms with E-state index in [4.69, 9.17) is 21.1 Å². The highest BCUT2D eigenvalue weighted by atomic mass is 35.5. The number of carbonyl (C=O) groups is 3. The smallest absolute Gasteiger partial charge is 0.338 e. The number of amidine groups is 1. The minimum atomic E-state index is -0.700. The van der Waals surface area contributed by atoms with E-state index in [9.17, 15) is 14.4 Å². The van der Waals surface area contributed by atoms with Crippen LogP contribution < -0.4 is 10.1 Å². The van der Waals surface area contributed by atoms with Gasteiger partial charge in [0.25, 0.3) is 0 Å². The molecule has 0 saturated carbocycles. The lowest BCUT2D eigenvalue weighted by Gasteiger charge is -2.32. The van der Waals surface area contributed by atoms with Crippen LogP contribution in [-0.2, 0) is 20.9 Å². The zero-order valence-corrected chi connectivity index (χ0v) is 22.4. The van der Waals surface area contributed by atoms with Crippen LogP contribution in [0.25, 0.3) is 0 Å². The van der Waals surface area contributed by atoms with E-state index >= 15 is 0 Å². The summed E-state index contributed by atoms with van der Waals surface area (Å²) in [6.45, 7) is 2.22. The number of hydrogen-bond donors (Lipinski definition) is 1. The molecule has 1 N–H and O–H groups in total. The first-order chi connectivity index (χ1) is 18.4. The van der Waals surface area contributed by atoms with E-state index < -0.39 is 11.2 Å². The van der Waals surface area contributed by atoms with Crippen LogP contribution in [-0.4, -0.2) is 46.8 Å². The van der Waals surface area contributed by atoms with Crippen molar-refractivity contribution in [2.45, 2.75) is 25.1 Å². The standard InChI is InChI=1S/C28H26ClN3O5S/c1-3-37-27(35)18-11-13-20(14-12-18)31-28-32(17-19-7-4-5-10-23(19)29)25(33)16-24(38-28)26(34)30-21-8-6-9-22(15-21)36-2/h4-15,24H,3,16-17H2,1-2H3,(H,30,34). The number of anilines is 1. The van der Waals surface area contributed by atoms with Crippen LogP contribution in [0.1, 0.15) is 29.3 Å². The summed E-state index contributed by atoms with van der Waals surface area (Å²) in [5.74, 6) is -0.395. The summed E-state index contributed by atoms with van der Waals surface area (Å²) in [6.07, 6.45) is -0.00820. The lowest BCUT2D eigenvalue weighted by molar-refractivity contribution is -0.129. The zero-order chi connectivity index (χ0) is 27.1. The summed E-state index contributed by atoms with van der Waals surface area (Å²) >= 11 is 7.56. The molecule has 196 valence electrons. The first-order valence-corrected chi connectivity index (χ1v) is 13.1. The van der Waals surface area contributed by atoms with Gasteiger partial charge in [-0.2, -0.15) is 0 Å². The van der Waals surface area contributed by atoms with Crippen molar-refractivity contribution in [3.63, 3.8) is 0 Å². The summed E-state index contributed by atoms with van der Waals surface area (Å²) in [6, 6.07) is 20.8. The van der Waals surface area contributed by atoms with Crippen molar-refractivity contribution in [2.75, 3.05) is 19.0 Å². The average Bonchev–Trinajstić information content (AvgIpc) is 2.92. The van der Waals surface area contributed by atoms with Gasteiger partial charge in [-0.25, -0.2) is 9.79 Å². The monoisotopic (exact) mass is 551 g/mol. The van der Waals surface area contributed by atoms with Crippen molar-refractivity contribution in [3.05, 3.63) is 88.9 Å². The molecule has 0 aliphatic carbocycles. The fourth-order valence-corrected chi connectivity index (χ4v) is 5.01. The second kappa shape index (κ2) is 12.6. The lowest BCUT2D eigenvalue weighted by Crippen LogP contribution is -2.44. The minimum absolute atomic E-state index is 0.00820. The molecule has 1 aliphatic rings. The Hall–Kier alpha value is -3.82. The number of carbonyl (C=O) groups excluding carboxylic acids is 3. The number of benzene rings is 3. The first-order valence-electron chi connectivity index (χ1n) is 11.9. The number of ether oxygens (including phenoxy) is 2. The van der Waals surface area contributed by atoms with Crippen LogP contribution in [0, 0.1) is 0 Å². The molecule has 38 heavy (non-hydrogen) atoms. The molecule has 2 amide bonds. The molecular formula is C28H26ClN3O5S. The number of hydrogen-bond acceptors (Lipinski definition) is 7. The van der Waals surface area contributed by atoms with Gasteiger partial charge in [-0.15, -0.1) is 0 Å². The number of rotatable bonds is 8. The maximum absolute atomic E-state index is 13.3. The Labute approximate surface area is 230 Å². The normalized spacial score (nSPS) is 16.3. The summed E-state index contributed by atoms with van der Waals surface area (Å²) in [5, 5.41) is 3.04. The van der Waals surface area contributed by atoms with Crippen LogP contribution in [0.15, 0.2) is 77.8 Å². The van der Waals surface area contributed by atoms with Crippen molar-refractivity contribution >= 4 is 57.7 Å². The highest BCUT2D eigenvalue weighted by Gasteiger charge is 2.36. The topological polar surface area (TPSA) is 97.3 Å². The summed E-state index contributed by atoms with van der Waals surface area (Å²) < 4.78 is 10.3. The van der Waals surface area contributed by atoms with Gasteiger partial charge >= 0.3 is 5.97 Å². The number of amides is 2. The molecule has 8 nitrogen and oxygen atoms in total. The maximum atomic E-state index is 13.3.